The number of alkyl halides is 3. The molecular formula is C13H7BF7NO4. The molecule has 0 spiro atoms. The van der Waals surface area contributed by atoms with Gasteiger partial charge in [-0.2, -0.15) is 17.6 Å². The molecule has 13 heteroatoms. The zero-order valence-corrected chi connectivity index (χ0v) is 12.7. The minimum absolute atomic E-state index is 0.167. The van der Waals surface area contributed by atoms with Crippen molar-refractivity contribution in [3.05, 3.63) is 39.7 Å². The highest BCUT2D eigenvalue weighted by molar-refractivity contribution is 6.38. The quantitative estimate of drug-likeness (QED) is 0.600. The molecule has 0 unspecified atom stereocenters. The van der Waals surface area contributed by atoms with Gasteiger partial charge in [0, 0.05) is 6.20 Å². The Kier molecular flexibility index (Phi) is 5.19. The van der Waals surface area contributed by atoms with E-state index in [-0.39, 0.29) is 16.8 Å². The zero-order valence-electron chi connectivity index (χ0n) is 12.7. The molecule has 0 aliphatic carbocycles. The molecule has 0 aliphatic heterocycles. The summed E-state index contributed by atoms with van der Waals surface area (Å²) in [4.78, 5) is 23.8. The number of benzene rings is 1. The minimum Gasteiger partial charge on any atom is -0.491 e. The van der Waals surface area contributed by atoms with Crippen LogP contribution in [0.3, 0.4) is 0 Å². The van der Waals surface area contributed by atoms with Gasteiger partial charge in [0.05, 0.1) is 18.0 Å². The fourth-order valence-corrected chi connectivity index (χ4v) is 2.27. The van der Waals surface area contributed by atoms with Gasteiger partial charge in [0.1, 0.15) is 12.1 Å². The number of halogens is 7. The van der Waals surface area contributed by atoms with E-state index in [2.05, 4.69) is 9.39 Å². The lowest BCUT2D eigenvalue weighted by Gasteiger charge is -2.17. The van der Waals surface area contributed by atoms with Crippen LogP contribution in [-0.2, 0) is 11.2 Å². The van der Waals surface area contributed by atoms with Gasteiger partial charge in [0.15, 0.2) is 11.6 Å². The third-order valence-corrected chi connectivity index (χ3v) is 3.18. The largest absolute Gasteiger partial charge is 0.798 e. The minimum atomic E-state index is -4.91. The maximum absolute atomic E-state index is 13.8. The van der Waals surface area contributed by atoms with E-state index in [4.69, 9.17) is 0 Å². The number of ether oxygens (including phenoxy) is 1. The number of hydrogen-bond acceptors (Lipinski definition) is 4. The van der Waals surface area contributed by atoms with Crippen molar-refractivity contribution in [1.82, 2.24) is 4.57 Å². The van der Waals surface area contributed by atoms with Gasteiger partial charge in [-0.1, -0.05) is 0 Å². The van der Waals surface area contributed by atoms with Gasteiger partial charge in [-0.15, -0.1) is 0 Å². The molecule has 0 atom stereocenters. The highest BCUT2D eigenvalue weighted by atomic mass is 19.4. The van der Waals surface area contributed by atoms with Crippen LogP contribution < -0.4 is 10.2 Å². The number of methoxy groups -OCH3 is 1. The first kappa shape index (κ1) is 19.6. The summed E-state index contributed by atoms with van der Waals surface area (Å²) in [7, 11) is -2.83. The van der Waals surface area contributed by atoms with Gasteiger partial charge in [0.25, 0.3) is 0 Å². The van der Waals surface area contributed by atoms with Crippen LogP contribution in [0.5, 0.6) is 5.75 Å². The van der Waals surface area contributed by atoms with Gasteiger partial charge in [-0.05, 0) is 6.07 Å². The Labute approximate surface area is 140 Å². The van der Waals surface area contributed by atoms with Gasteiger partial charge in [-0.25, -0.2) is 17.8 Å². The Morgan fingerprint density at radius 2 is 1.88 bits per heavy atom. The number of pyridine rings is 1. The molecule has 0 bridgehead atoms. The van der Waals surface area contributed by atoms with Crippen molar-refractivity contribution >= 4 is 24.3 Å². The lowest BCUT2D eigenvalue weighted by atomic mass is 10.1. The lowest BCUT2D eigenvalue weighted by molar-refractivity contribution is -0.140. The average molecular weight is 385 g/mol. The second-order valence-corrected chi connectivity index (χ2v) is 4.88. The first-order valence-electron chi connectivity index (χ1n) is 6.61. The van der Waals surface area contributed by atoms with Gasteiger partial charge < -0.3 is 14.0 Å². The van der Waals surface area contributed by atoms with Crippen molar-refractivity contribution in [2.75, 3.05) is 7.11 Å². The van der Waals surface area contributed by atoms with E-state index in [0.717, 1.165) is 7.11 Å². The van der Waals surface area contributed by atoms with Gasteiger partial charge >= 0.3 is 19.6 Å². The maximum Gasteiger partial charge on any atom is 0.798 e. The molecule has 5 nitrogen and oxygen atoms in total. The molecule has 0 saturated heterocycles. The molecular weight excluding hydrogens is 378 g/mol. The molecule has 2 aromatic rings. The number of carbonyl (C=O) groups excluding carboxylic acids is 1. The number of carbonyl (C=O) groups is 1. The molecule has 0 radical (unpaired) electrons. The highest BCUT2D eigenvalue weighted by Gasteiger charge is 2.32. The van der Waals surface area contributed by atoms with Crippen LogP contribution >= 0.6 is 0 Å². The fourth-order valence-electron chi connectivity index (χ4n) is 2.27. The first-order chi connectivity index (χ1) is 12.0. The van der Waals surface area contributed by atoms with Crippen molar-refractivity contribution < 1.29 is 44.8 Å². The van der Waals surface area contributed by atoms with Crippen LogP contribution in [0, 0.1) is 11.6 Å². The summed E-state index contributed by atoms with van der Waals surface area (Å²) in [6.07, 6.45) is -4.65. The molecule has 140 valence electrons. The predicted molar refractivity (Wildman–Crippen MR) is 74.1 cm³/mol. The number of nitrogens with zero attached hydrogens (tertiary/aromatic N) is 1. The highest BCUT2D eigenvalue weighted by Crippen LogP contribution is 2.31. The summed E-state index contributed by atoms with van der Waals surface area (Å²) in [5.41, 5.74) is -3.45. The van der Waals surface area contributed by atoms with Crippen molar-refractivity contribution in [1.29, 1.82) is 0 Å². The van der Waals surface area contributed by atoms with Crippen LogP contribution in [-0.4, -0.2) is 31.3 Å². The molecule has 0 fully saturated rings. The summed E-state index contributed by atoms with van der Waals surface area (Å²) in [6, 6.07) is 0.238. The Bertz CT molecular complexity index is 926. The molecule has 2 rings (SSSR count). The van der Waals surface area contributed by atoms with E-state index in [1.165, 1.54) is 0 Å². The SMILES string of the molecule is COc1c(F)c(F)cc2c(=O)c(C(=O)OB(F)F)cn(CC(F)(F)F)c12. The topological polar surface area (TPSA) is 57.5 Å². The molecule has 0 amide bonds. The normalized spacial score (nSPS) is 11.5. The first-order valence-corrected chi connectivity index (χ1v) is 6.61. The average Bonchev–Trinajstić information content (AvgIpc) is 2.49. The van der Waals surface area contributed by atoms with E-state index in [1.54, 1.807) is 0 Å². The van der Waals surface area contributed by atoms with Crippen LogP contribution in [0.15, 0.2) is 17.1 Å². The monoisotopic (exact) mass is 385 g/mol. The predicted octanol–water partition coefficient (Wildman–Crippen LogP) is 2.93. The van der Waals surface area contributed by atoms with Crippen LogP contribution in [0.4, 0.5) is 30.6 Å². The molecule has 1 aromatic heterocycles. The maximum atomic E-state index is 13.8. The van der Waals surface area contributed by atoms with Crippen LogP contribution in [0.25, 0.3) is 10.9 Å². The van der Waals surface area contributed by atoms with E-state index in [1.807, 2.05) is 0 Å². The number of hydrogen-bond donors (Lipinski definition) is 0. The molecule has 0 aliphatic rings. The van der Waals surface area contributed by atoms with Crippen molar-refractivity contribution in [3.63, 3.8) is 0 Å². The third-order valence-electron chi connectivity index (χ3n) is 3.18. The molecule has 1 aromatic carbocycles. The lowest BCUT2D eigenvalue weighted by Crippen LogP contribution is -2.26. The molecule has 0 N–H and O–H groups in total. The molecule has 0 saturated carbocycles. The second-order valence-electron chi connectivity index (χ2n) is 4.88. The number of rotatable bonds is 4. The van der Waals surface area contributed by atoms with Crippen molar-refractivity contribution in [2.24, 2.45) is 0 Å². The van der Waals surface area contributed by atoms with Gasteiger partial charge in [0.2, 0.25) is 11.2 Å². The fraction of sp³-hybridized carbons (Fsp3) is 0.231. The standard InChI is InChI=1S/C13H7BF7NO4/c1-25-11-8(16)7(15)2-5-9(11)22(4-13(17,18)19)3-6(10(5)23)12(24)26-14(20)21/h2-3H,4H2,1H3. The Balaban J connectivity index is 2.91. The Morgan fingerprint density at radius 1 is 1.27 bits per heavy atom. The summed E-state index contributed by atoms with van der Waals surface area (Å²) in [5, 5.41) is -0.881. The van der Waals surface area contributed by atoms with E-state index in [0.29, 0.717) is 0 Å². The Hall–Kier alpha value is -2.73. The smallest absolute Gasteiger partial charge is 0.491 e. The number of aromatic nitrogens is 1. The molecule has 1 heterocycles. The second kappa shape index (κ2) is 6.88. The molecule has 26 heavy (non-hydrogen) atoms. The summed E-state index contributed by atoms with van der Waals surface area (Å²) in [5.74, 6) is -6.26. The van der Waals surface area contributed by atoms with E-state index in [9.17, 15) is 40.2 Å². The zero-order chi connectivity index (χ0) is 19.8. The summed E-state index contributed by atoms with van der Waals surface area (Å²) in [6.45, 7) is -1.85. The van der Waals surface area contributed by atoms with E-state index >= 15 is 0 Å². The number of fused-ring (bicyclic) bond motifs is 1. The third kappa shape index (κ3) is 3.75. The van der Waals surface area contributed by atoms with Crippen LogP contribution in [0.2, 0.25) is 0 Å². The van der Waals surface area contributed by atoms with Crippen molar-refractivity contribution in [3.8, 4) is 5.75 Å². The summed E-state index contributed by atoms with van der Waals surface area (Å²) >= 11 is 0. The van der Waals surface area contributed by atoms with E-state index < -0.39 is 65.4 Å². The van der Waals surface area contributed by atoms with Gasteiger partial charge in [-0.3, -0.25) is 4.79 Å². The van der Waals surface area contributed by atoms with Crippen LogP contribution in [0.1, 0.15) is 10.4 Å². The Morgan fingerprint density at radius 3 is 2.38 bits per heavy atom. The van der Waals surface area contributed by atoms with Crippen molar-refractivity contribution in [2.45, 2.75) is 12.7 Å². The summed E-state index contributed by atoms with van der Waals surface area (Å²) < 4.78 is 98.3.